The molecule has 14 heavy (non-hydrogen) atoms. The second kappa shape index (κ2) is 4.93. The Morgan fingerprint density at radius 3 is 2.79 bits per heavy atom. The van der Waals surface area contributed by atoms with E-state index in [2.05, 4.69) is 0 Å². The van der Waals surface area contributed by atoms with Crippen LogP contribution in [-0.4, -0.2) is 30.1 Å². The van der Waals surface area contributed by atoms with Crippen LogP contribution in [0.2, 0.25) is 0 Å². The molecule has 76 valence electrons. The number of hydrogen-bond acceptors (Lipinski definition) is 3. The van der Waals surface area contributed by atoms with Gasteiger partial charge in [0.2, 0.25) is 0 Å². The lowest BCUT2D eigenvalue weighted by atomic mass is 10.2. The van der Waals surface area contributed by atoms with Crippen molar-refractivity contribution in [3.05, 3.63) is 34.5 Å². The molecule has 1 rings (SSSR count). The first-order valence-electron chi connectivity index (χ1n) is 4.22. The first kappa shape index (κ1) is 10.9. The van der Waals surface area contributed by atoms with Crippen molar-refractivity contribution in [2.24, 2.45) is 0 Å². The zero-order valence-electron chi connectivity index (χ0n) is 8.18. The molecule has 0 amide bonds. The fourth-order valence-corrected chi connectivity index (χ4v) is 2.05. The topological polar surface area (TPSA) is 40.5 Å². The van der Waals surface area contributed by atoms with Gasteiger partial charge in [0.15, 0.2) is 0 Å². The van der Waals surface area contributed by atoms with E-state index in [1.54, 1.807) is 17.4 Å². The molecule has 0 radical (unpaired) electrons. The molecule has 1 aromatic rings. The average molecular weight is 211 g/mol. The van der Waals surface area contributed by atoms with Gasteiger partial charge >= 0.3 is 5.97 Å². The largest absolute Gasteiger partial charge is 0.478 e. The Hall–Kier alpha value is -1.13. The van der Waals surface area contributed by atoms with E-state index in [0.717, 1.165) is 4.88 Å². The van der Waals surface area contributed by atoms with Gasteiger partial charge in [-0.05, 0) is 25.5 Å². The highest BCUT2D eigenvalue weighted by molar-refractivity contribution is 7.10. The molecular formula is C10H13NO2S. The molecule has 0 aromatic carbocycles. The van der Waals surface area contributed by atoms with Crippen LogP contribution < -0.4 is 0 Å². The minimum atomic E-state index is -0.909. The van der Waals surface area contributed by atoms with Gasteiger partial charge in [-0.25, -0.2) is 4.79 Å². The van der Waals surface area contributed by atoms with Gasteiger partial charge in [-0.3, -0.25) is 4.90 Å². The molecule has 1 heterocycles. The fraction of sp³-hybridized carbons (Fsp3) is 0.300. The number of carboxylic acids is 1. The van der Waals surface area contributed by atoms with Crippen molar-refractivity contribution in [2.75, 3.05) is 14.1 Å². The van der Waals surface area contributed by atoms with Gasteiger partial charge in [0.25, 0.3) is 0 Å². The second-order valence-corrected chi connectivity index (χ2v) is 4.10. The zero-order chi connectivity index (χ0) is 10.6. The van der Waals surface area contributed by atoms with Gasteiger partial charge in [-0.2, -0.15) is 0 Å². The standard InChI is InChI=1S/C10H13NO2S/c1-11(2)8(5-6-10(12)13)9-4-3-7-14-9/h3-8H,1-2H3,(H,12,13)/b6-5+. The number of aliphatic carboxylic acids is 1. The molecule has 1 atom stereocenters. The molecule has 0 saturated carbocycles. The molecule has 1 aromatic heterocycles. The number of hydrogen-bond donors (Lipinski definition) is 1. The summed E-state index contributed by atoms with van der Waals surface area (Å²) in [6, 6.07) is 4.01. The van der Waals surface area contributed by atoms with E-state index in [1.807, 2.05) is 36.5 Å². The summed E-state index contributed by atoms with van der Waals surface area (Å²) in [4.78, 5) is 13.5. The first-order valence-corrected chi connectivity index (χ1v) is 5.10. The van der Waals surface area contributed by atoms with E-state index in [1.165, 1.54) is 6.08 Å². The Bertz CT molecular complexity index is 317. The molecule has 0 aliphatic rings. The Balaban J connectivity index is 2.81. The maximum atomic E-state index is 10.4. The summed E-state index contributed by atoms with van der Waals surface area (Å²) in [7, 11) is 3.85. The van der Waals surface area contributed by atoms with Crippen molar-refractivity contribution in [3.63, 3.8) is 0 Å². The molecule has 3 nitrogen and oxygen atoms in total. The quantitative estimate of drug-likeness (QED) is 0.774. The summed E-state index contributed by atoms with van der Waals surface area (Å²) in [6.07, 6.45) is 2.87. The van der Waals surface area contributed by atoms with E-state index in [-0.39, 0.29) is 6.04 Å². The van der Waals surface area contributed by atoms with Crippen molar-refractivity contribution in [2.45, 2.75) is 6.04 Å². The van der Waals surface area contributed by atoms with Gasteiger partial charge in [0.1, 0.15) is 0 Å². The minimum absolute atomic E-state index is 0.0473. The Morgan fingerprint density at radius 1 is 1.64 bits per heavy atom. The smallest absolute Gasteiger partial charge is 0.328 e. The van der Waals surface area contributed by atoms with Crippen molar-refractivity contribution in [1.29, 1.82) is 0 Å². The third-order valence-electron chi connectivity index (χ3n) is 1.81. The summed E-state index contributed by atoms with van der Waals surface area (Å²) >= 11 is 1.63. The van der Waals surface area contributed by atoms with Crippen LogP contribution in [0, 0.1) is 0 Å². The summed E-state index contributed by atoms with van der Waals surface area (Å²) in [5.74, 6) is -0.909. The molecule has 0 aliphatic carbocycles. The van der Waals surface area contributed by atoms with Gasteiger partial charge in [0.05, 0.1) is 6.04 Å². The first-order chi connectivity index (χ1) is 6.61. The van der Waals surface area contributed by atoms with E-state index in [4.69, 9.17) is 5.11 Å². The second-order valence-electron chi connectivity index (χ2n) is 3.12. The van der Waals surface area contributed by atoms with Crippen LogP contribution >= 0.6 is 11.3 Å². The highest BCUT2D eigenvalue weighted by atomic mass is 32.1. The van der Waals surface area contributed by atoms with Gasteiger partial charge in [-0.15, -0.1) is 11.3 Å². The van der Waals surface area contributed by atoms with Crippen LogP contribution in [0.1, 0.15) is 10.9 Å². The van der Waals surface area contributed by atoms with Crippen LogP contribution in [0.4, 0.5) is 0 Å². The third kappa shape index (κ3) is 2.97. The van der Waals surface area contributed by atoms with Crippen LogP contribution in [0.25, 0.3) is 0 Å². The summed E-state index contributed by atoms with van der Waals surface area (Å²) in [5.41, 5.74) is 0. The van der Waals surface area contributed by atoms with Crippen LogP contribution in [0.15, 0.2) is 29.7 Å². The third-order valence-corrected chi connectivity index (χ3v) is 2.76. The van der Waals surface area contributed by atoms with Gasteiger partial charge in [0, 0.05) is 11.0 Å². The summed E-state index contributed by atoms with van der Waals surface area (Å²) in [5, 5.41) is 10.5. The Kier molecular flexibility index (Phi) is 3.85. The number of carboxylic acid groups (broad SMARTS) is 1. The number of rotatable bonds is 4. The van der Waals surface area contributed by atoms with Gasteiger partial charge in [-0.1, -0.05) is 12.1 Å². The van der Waals surface area contributed by atoms with Crippen molar-refractivity contribution in [3.8, 4) is 0 Å². The SMILES string of the molecule is CN(C)C(/C=C/C(=O)O)c1cccs1. The molecule has 0 saturated heterocycles. The zero-order valence-corrected chi connectivity index (χ0v) is 8.99. The summed E-state index contributed by atoms with van der Waals surface area (Å²) < 4.78 is 0. The van der Waals surface area contributed by atoms with E-state index < -0.39 is 5.97 Å². The predicted octanol–water partition coefficient (Wildman–Crippen LogP) is 1.99. The van der Waals surface area contributed by atoms with Crippen molar-refractivity contribution >= 4 is 17.3 Å². The van der Waals surface area contributed by atoms with Crippen LogP contribution in [-0.2, 0) is 4.79 Å². The molecule has 0 bridgehead atoms. The molecule has 1 N–H and O–H groups in total. The molecular weight excluding hydrogens is 198 g/mol. The lowest BCUT2D eigenvalue weighted by Crippen LogP contribution is -2.17. The van der Waals surface area contributed by atoms with E-state index in [9.17, 15) is 4.79 Å². The number of thiophene rings is 1. The highest BCUT2D eigenvalue weighted by Gasteiger charge is 2.11. The number of likely N-dealkylation sites (N-methyl/N-ethyl adjacent to an activating group) is 1. The van der Waals surface area contributed by atoms with Crippen molar-refractivity contribution in [1.82, 2.24) is 4.90 Å². The van der Waals surface area contributed by atoms with Crippen LogP contribution in [0.3, 0.4) is 0 Å². The predicted molar refractivity (Wildman–Crippen MR) is 57.5 cm³/mol. The Morgan fingerprint density at radius 2 is 2.36 bits per heavy atom. The lowest BCUT2D eigenvalue weighted by Gasteiger charge is -2.19. The maximum Gasteiger partial charge on any atom is 0.328 e. The maximum absolute atomic E-state index is 10.4. The lowest BCUT2D eigenvalue weighted by molar-refractivity contribution is -0.131. The minimum Gasteiger partial charge on any atom is -0.478 e. The number of carbonyl (C=O) groups is 1. The van der Waals surface area contributed by atoms with E-state index in [0.29, 0.717) is 0 Å². The molecule has 1 unspecified atom stereocenters. The van der Waals surface area contributed by atoms with E-state index >= 15 is 0 Å². The number of nitrogens with zero attached hydrogens (tertiary/aromatic N) is 1. The molecule has 0 fully saturated rings. The average Bonchev–Trinajstić information content (AvgIpc) is 2.56. The van der Waals surface area contributed by atoms with Crippen LogP contribution in [0.5, 0.6) is 0 Å². The molecule has 0 spiro atoms. The van der Waals surface area contributed by atoms with Gasteiger partial charge < -0.3 is 5.11 Å². The molecule has 4 heteroatoms. The Labute approximate surface area is 87.3 Å². The highest BCUT2D eigenvalue weighted by Crippen LogP contribution is 2.23. The monoisotopic (exact) mass is 211 g/mol. The van der Waals surface area contributed by atoms with Crippen molar-refractivity contribution < 1.29 is 9.90 Å². The fourth-order valence-electron chi connectivity index (χ4n) is 1.15. The molecule has 0 aliphatic heterocycles. The summed E-state index contributed by atoms with van der Waals surface area (Å²) in [6.45, 7) is 0. The normalized spacial score (nSPS) is 13.6.